The molecule has 0 spiro atoms. The zero-order valence-corrected chi connectivity index (χ0v) is 6.83. The summed E-state index contributed by atoms with van der Waals surface area (Å²) in [6, 6.07) is 3.79. The fraction of sp³-hybridized carbons (Fsp3) is 0.333. The van der Waals surface area contributed by atoms with Gasteiger partial charge in [0.2, 0.25) is 0 Å². The van der Waals surface area contributed by atoms with Crippen molar-refractivity contribution in [2.75, 3.05) is 6.54 Å². The standard InChI is InChI=1S/C9H11N3/c1-2-3-6-10-8-9-5-4-7-11-12-9/h1,4-5,7,10H,3,6,8H2. The number of hydrogen-bond acceptors (Lipinski definition) is 3. The monoisotopic (exact) mass is 161 g/mol. The molecule has 0 aliphatic rings. The van der Waals surface area contributed by atoms with Gasteiger partial charge in [0.25, 0.3) is 0 Å². The second-order valence-corrected chi connectivity index (χ2v) is 2.35. The highest BCUT2D eigenvalue weighted by Crippen LogP contribution is 1.88. The Morgan fingerprint density at radius 1 is 1.58 bits per heavy atom. The predicted octanol–water partition coefficient (Wildman–Crippen LogP) is 0.589. The number of rotatable bonds is 4. The summed E-state index contributed by atoms with van der Waals surface area (Å²) in [7, 11) is 0. The Bertz CT molecular complexity index is 250. The molecule has 0 atom stereocenters. The van der Waals surface area contributed by atoms with Gasteiger partial charge in [-0.25, -0.2) is 0 Å². The van der Waals surface area contributed by atoms with E-state index in [-0.39, 0.29) is 0 Å². The highest BCUT2D eigenvalue weighted by Gasteiger charge is 1.90. The number of terminal acetylenes is 1. The third-order valence-electron chi connectivity index (χ3n) is 1.38. The van der Waals surface area contributed by atoms with E-state index in [2.05, 4.69) is 21.4 Å². The second kappa shape index (κ2) is 5.28. The third kappa shape index (κ3) is 3.13. The highest BCUT2D eigenvalue weighted by molar-refractivity contribution is 4.98. The molecular formula is C9H11N3. The lowest BCUT2D eigenvalue weighted by atomic mass is 10.3. The van der Waals surface area contributed by atoms with Crippen LogP contribution in [0.2, 0.25) is 0 Å². The topological polar surface area (TPSA) is 37.8 Å². The van der Waals surface area contributed by atoms with Crippen LogP contribution in [0.5, 0.6) is 0 Å². The first kappa shape index (κ1) is 8.69. The number of nitrogens with zero attached hydrogens (tertiary/aromatic N) is 2. The third-order valence-corrected chi connectivity index (χ3v) is 1.38. The zero-order chi connectivity index (χ0) is 8.65. The van der Waals surface area contributed by atoms with Crippen molar-refractivity contribution in [1.82, 2.24) is 15.5 Å². The normalized spacial score (nSPS) is 9.25. The van der Waals surface area contributed by atoms with Crippen LogP contribution < -0.4 is 5.32 Å². The summed E-state index contributed by atoms with van der Waals surface area (Å²) in [6.07, 6.45) is 7.50. The summed E-state index contributed by atoms with van der Waals surface area (Å²) in [4.78, 5) is 0. The predicted molar refractivity (Wildman–Crippen MR) is 47.2 cm³/mol. The minimum atomic E-state index is 0.732. The van der Waals surface area contributed by atoms with Gasteiger partial charge in [-0.3, -0.25) is 0 Å². The lowest BCUT2D eigenvalue weighted by molar-refractivity contribution is 0.678. The molecule has 0 unspecified atom stereocenters. The van der Waals surface area contributed by atoms with Gasteiger partial charge in [0.05, 0.1) is 5.69 Å². The second-order valence-electron chi connectivity index (χ2n) is 2.35. The molecule has 12 heavy (non-hydrogen) atoms. The first-order chi connectivity index (χ1) is 5.93. The van der Waals surface area contributed by atoms with Crippen molar-refractivity contribution in [1.29, 1.82) is 0 Å². The average molecular weight is 161 g/mol. The average Bonchev–Trinajstić information content (AvgIpc) is 2.14. The van der Waals surface area contributed by atoms with Crippen molar-refractivity contribution in [2.45, 2.75) is 13.0 Å². The van der Waals surface area contributed by atoms with E-state index >= 15 is 0 Å². The van der Waals surface area contributed by atoms with Crippen LogP contribution in [0, 0.1) is 12.3 Å². The first-order valence-corrected chi connectivity index (χ1v) is 3.84. The van der Waals surface area contributed by atoms with Gasteiger partial charge >= 0.3 is 0 Å². The van der Waals surface area contributed by atoms with Gasteiger partial charge in [-0.15, -0.1) is 12.3 Å². The van der Waals surface area contributed by atoms with E-state index in [1.165, 1.54) is 0 Å². The van der Waals surface area contributed by atoms with Gasteiger partial charge in [0.1, 0.15) is 0 Å². The van der Waals surface area contributed by atoms with E-state index in [1.807, 2.05) is 12.1 Å². The molecular weight excluding hydrogens is 150 g/mol. The maximum Gasteiger partial charge on any atom is 0.0768 e. The van der Waals surface area contributed by atoms with Crippen LogP contribution in [0.15, 0.2) is 18.3 Å². The zero-order valence-electron chi connectivity index (χ0n) is 6.83. The molecule has 0 bridgehead atoms. The van der Waals surface area contributed by atoms with E-state index in [0.29, 0.717) is 0 Å². The van der Waals surface area contributed by atoms with Crippen molar-refractivity contribution < 1.29 is 0 Å². The fourth-order valence-electron chi connectivity index (χ4n) is 0.805. The molecule has 62 valence electrons. The molecule has 0 aliphatic heterocycles. The Morgan fingerprint density at radius 2 is 2.50 bits per heavy atom. The molecule has 0 saturated heterocycles. The van der Waals surface area contributed by atoms with Crippen molar-refractivity contribution in [2.24, 2.45) is 0 Å². The lowest BCUT2D eigenvalue weighted by Gasteiger charge is -1.99. The summed E-state index contributed by atoms with van der Waals surface area (Å²) in [5.41, 5.74) is 0.939. The summed E-state index contributed by atoms with van der Waals surface area (Å²) < 4.78 is 0. The molecule has 1 rings (SSSR count). The molecule has 0 amide bonds. The van der Waals surface area contributed by atoms with Crippen LogP contribution in [-0.4, -0.2) is 16.7 Å². The minimum absolute atomic E-state index is 0.732. The van der Waals surface area contributed by atoms with Gasteiger partial charge in [-0.1, -0.05) is 0 Å². The van der Waals surface area contributed by atoms with E-state index in [4.69, 9.17) is 6.42 Å². The summed E-state index contributed by atoms with van der Waals surface area (Å²) in [5.74, 6) is 2.56. The smallest absolute Gasteiger partial charge is 0.0768 e. The highest BCUT2D eigenvalue weighted by atomic mass is 15.1. The molecule has 0 radical (unpaired) electrons. The maximum absolute atomic E-state index is 5.09. The summed E-state index contributed by atoms with van der Waals surface area (Å²) in [5, 5.41) is 10.8. The first-order valence-electron chi connectivity index (χ1n) is 3.84. The number of hydrogen-bond donors (Lipinski definition) is 1. The molecule has 0 fully saturated rings. The summed E-state index contributed by atoms with van der Waals surface area (Å²) >= 11 is 0. The lowest BCUT2D eigenvalue weighted by Crippen LogP contribution is -2.15. The Balaban J connectivity index is 2.21. The van der Waals surface area contributed by atoms with Crippen LogP contribution >= 0.6 is 0 Å². The molecule has 0 aliphatic carbocycles. The molecule has 3 heteroatoms. The minimum Gasteiger partial charge on any atom is -0.310 e. The molecule has 1 N–H and O–H groups in total. The van der Waals surface area contributed by atoms with Crippen molar-refractivity contribution in [3.63, 3.8) is 0 Å². The van der Waals surface area contributed by atoms with Crippen LogP contribution in [0.25, 0.3) is 0 Å². The molecule has 0 aromatic carbocycles. The molecule has 1 aromatic rings. The van der Waals surface area contributed by atoms with E-state index in [9.17, 15) is 0 Å². The van der Waals surface area contributed by atoms with Crippen LogP contribution in [0.4, 0.5) is 0 Å². The van der Waals surface area contributed by atoms with Gasteiger partial charge in [0.15, 0.2) is 0 Å². The molecule has 1 heterocycles. The Morgan fingerprint density at radius 3 is 3.17 bits per heavy atom. The summed E-state index contributed by atoms with van der Waals surface area (Å²) in [6.45, 7) is 1.56. The maximum atomic E-state index is 5.09. The number of aromatic nitrogens is 2. The van der Waals surface area contributed by atoms with E-state index in [1.54, 1.807) is 6.20 Å². The van der Waals surface area contributed by atoms with Crippen molar-refractivity contribution in [3.05, 3.63) is 24.0 Å². The Hall–Kier alpha value is -1.40. The number of nitrogens with one attached hydrogen (secondary N) is 1. The quantitative estimate of drug-likeness (QED) is 0.518. The van der Waals surface area contributed by atoms with Crippen LogP contribution in [0.3, 0.4) is 0 Å². The SMILES string of the molecule is C#CCCNCc1cccnn1. The van der Waals surface area contributed by atoms with E-state index < -0.39 is 0 Å². The van der Waals surface area contributed by atoms with Gasteiger partial charge in [-0.05, 0) is 12.1 Å². The molecule has 3 nitrogen and oxygen atoms in total. The molecule has 0 saturated carbocycles. The fourth-order valence-corrected chi connectivity index (χ4v) is 0.805. The van der Waals surface area contributed by atoms with Gasteiger partial charge in [0, 0.05) is 25.7 Å². The van der Waals surface area contributed by atoms with Crippen molar-refractivity contribution >= 4 is 0 Å². The van der Waals surface area contributed by atoms with Crippen LogP contribution in [0.1, 0.15) is 12.1 Å². The van der Waals surface area contributed by atoms with Crippen LogP contribution in [-0.2, 0) is 6.54 Å². The Kier molecular flexibility index (Phi) is 3.82. The van der Waals surface area contributed by atoms with Gasteiger partial charge in [-0.2, -0.15) is 10.2 Å². The van der Waals surface area contributed by atoms with E-state index in [0.717, 1.165) is 25.2 Å². The molecule has 1 aromatic heterocycles. The van der Waals surface area contributed by atoms with Crippen molar-refractivity contribution in [3.8, 4) is 12.3 Å². The van der Waals surface area contributed by atoms with Gasteiger partial charge < -0.3 is 5.32 Å². The Labute approximate surface area is 72.2 Å². The largest absolute Gasteiger partial charge is 0.310 e.